The van der Waals surface area contributed by atoms with Gasteiger partial charge >= 0.3 is 0 Å². The van der Waals surface area contributed by atoms with Crippen molar-refractivity contribution in [1.29, 1.82) is 0 Å². The lowest BCUT2D eigenvalue weighted by molar-refractivity contribution is -0.136. The summed E-state index contributed by atoms with van der Waals surface area (Å²) >= 11 is 0. The molecule has 0 aromatic carbocycles. The molecule has 6 heteroatoms. The third-order valence-corrected chi connectivity index (χ3v) is 3.37. The van der Waals surface area contributed by atoms with E-state index < -0.39 is 0 Å². The molecule has 2 amide bonds. The normalized spacial score (nSPS) is 19.3. The van der Waals surface area contributed by atoms with Gasteiger partial charge in [-0.05, 0) is 19.3 Å². The number of likely N-dealkylation sites (tertiary alicyclic amines) is 1. The lowest BCUT2D eigenvalue weighted by Crippen LogP contribution is -2.49. The number of amides is 2. The van der Waals surface area contributed by atoms with Crippen molar-refractivity contribution in [3.8, 4) is 0 Å². The molecule has 1 fully saturated rings. The van der Waals surface area contributed by atoms with Gasteiger partial charge in [0.25, 0.3) is 0 Å². The van der Waals surface area contributed by atoms with Crippen molar-refractivity contribution in [3.63, 3.8) is 0 Å². The van der Waals surface area contributed by atoms with Crippen LogP contribution < -0.4 is 11.1 Å². The van der Waals surface area contributed by atoms with E-state index in [1.54, 1.807) is 7.11 Å². The average Bonchev–Trinajstić information content (AvgIpc) is 2.43. The van der Waals surface area contributed by atoms with Gasteiger partial charge in [-0.3, -0.25) is 9.59 Å². The van der Waals surface area contributed by atoms with Crippen LogP contribution in [-0.4, -0.2) is 56.1 Å². The molecule has 1 saturated heterocycles. The zero-order valence-electron chi connectivity index (χ0n) is 11.7. The first-order chi connectivity index (χ1) is 9.19. The van der Waals surface area contributed by atoms with Gasteiger partial charge in [0.05, 0.1) is 13.0 Å². The van der Waals surface area contributed by atoms with Crippen LogP contribution in [0.1, 0.15) is 32.1 Å². The summed E-state index contributed by atoms with van der Waals surface area (Å²) in [6, 6.07) is 0.111. The van der Waals surface area contributed by atoms with E-state index in [1.165, 1.54) is 0 Å². The molecule has 0 aromatic rings. The second-order valence-corrected chi connectivity index (χ2v) is 4.82. The third-order valence-electron chi connectivity index (χ3n) is 3.37. The summed E-state index contributed by atoms with van der Waals surface area (Å²) < 4.78 is 4.94. The van der Waals surface area contributed by atoms with Crippen LogP contribution in [0.5, 0.6) is 0 Å². The van der Waals surface area contributed by atoms with Crippen molar-refractivity contribution < 1.29 is 14.3 Å². The molecular weight excluding hydrogens is 246 g/mol. The van der Waals surface area contributed by atoms with Gasteiger partial charge in [0.2, 0.25) is 11.8 Å². The van der Waals surface area contributed by atoms with E-state index in [0.29, 0.717) is 32.5 Å². The standard InChI is InChI=1S/C13H25N3O3/c1-19-9-6-13(18)16-8-3-2-4-11(16)10-15-12(17)5-7-14/h11H,2-10,14H2,1H3,(H,15,17). The maximum absolute atomic E-state index is 12.1. The molecule has 0 saturated carbocycles. The number of methoxy groups -OCH3 is 1. The topological polar surface area (TPSA) is 84.7 Å². The quantitative estimate of drug-likeness (QED) is 0.675. The number of nitrogens with two attached hydrogens (primary N) is 1. The minimum atomic E-state index is -0.0441. The highest BCUT2D eigenvalue weighted by molar-refractivity contribution is 5.77. The second-order valence-electron chi connectivity index (χ2n) is 4.82. The fourth-order valence-corrected chi connectivity index (χ4v) is 2.33. The number of rotatable bonds is 7. The van der Waals surface area contributed by atoms with Crippen molar-refractivity contribution in [2.24, 2.45) is 5.73 Å². The molecule has 0 bridgehead atoms. The molecule has 0 radical (unpaired) electrons. The Labute approximate surface area is 114 Å². The highest BCUT2D eigenvalue weighted by Crippen LogP contribution is 2.17. The second kappa shape index (κ2) is 8.87. The van der Waals surface area contributed by atoms with Gasteiger partial charge in [0.1, 0.15) is 0 Å². The first kappa shape index (κ1) is 15.9. The molecule has 0 aromatic heterocycles. The molecule has 0 spiro atoms. The Morgan fingerprint density at radius 2 is 2.16 bits per heavy atom. The van der Waals surface area contributed by atoms with Gasteiger partial charge < -0.3 is 20.7 Å². The summed E-state index contributed by atoms with van der Waals surface area (Å²) in [6.45, 7) is 2.10. The summed E-state index contributed by atoms with van der Waals surface area (Å²) in [4.78, 5) is 25.4. The smallest absolute Gasteiger partial charge is 0.225 e. The zero-order chi connectivity index (χ0) is 14.1. The average molecular weight is 271 g/mol. The number of carbonyl (C=O) groups excluding carboxylic acids is 2. The van der Waals surface area contributed by atoms with Crippen LogP contribution in [0, 0.1) is 0 Å². The Bertz CT molecular complexity index is 297. The van der Waals surface area contributed by atoms with Crippen LogP contribution in [0.2, 0.25) is 0 Å². The molecule has 1 aliphatic heterocycles. The van der Waals surface area contributed by atoms with Gasteiger partial charge in [0, 0.05) is 39.2 Å². The van der Waals surface area contributed by atoms with Crippen molar-refractivity contribution in [2.75, 3.05) is 33.4 Å². The highest BCUT2D eigenvalue weighted by Gasteiger charge is 2.26. The fraction of sp³-hybridized carbons (Fsp3) is 0.846. The van der Waals surface area contributed by atoms with E-state index in [9.17, 15) is 9.59 Å². The number of carbonyl (C=O) groups is 2. The molecule has 3 N–H and O–H groups in total. The Kier molecular flexibility index (Phi) is 7.43. The van der Waals surface area contributed by atoms with Crippen molar-refractivity contribution in [2.45, 2.75) is 38.1 Å². The molecule has 19 heavy (non-hydrogen) atoms. The minimum Gasteiger partial charge on any atom is -0.384 e. The predicted molar refractivity (Wildman–Crippen MR) is 72.5 cm³/mol. The van der Waals surface area contributed by atoms with Crippen LogP contribution in [0.3, 0.4) is 0 Å². The van der Waals surface area contributed by atoms with Gasteiger partial charge in [0.15, 0.2) is 0 Å². The highest BCUT2D eigenvalue weighted by atomic mass is 16.5. The number of hydrogen-bond donors (Lipinski definition) is 2. The Morgan fingerprint density at radius 1 is 1.37 bits per heavy atom. The maximum Gasteiger partial charge on any atom is 0.225 e. The number of piperidine rings is 1. The predicted octanol–water partition coefficient (Wildman–Crippen LogP) is -0.131. The largest absolute Gasteiger partial charge is 0.384 e. The molecule has 1 heterocycles. The fourth-order valence-electron chi connectivity index (χ4n) is 2.33. The van der Waals surface area contributed by atoms with Gasteiger partial charge in [-0.15, -0.1) is 0 Å². The SMILES string of the molecule is COCCC(=O)N1CCCCC1CNC(=O)CCN. The number of hydrogen-bond acceptors (Lipinski definition) is 4. The van der Waals surface area contributed by atoms with E-state index in [-0.39, 0.29) is 17.9 Å². The van der Waals surface area contributed by atoms with Gasteiger partial charge in [-0.1, -0.05) is 0 Å². The molecule has 1 rings (SSSR count). The third kappa shape index (κ3) is 5.57. The lowest BCUT2D eigenvalue weighted by atomic mass is 10.0. The van der Waals surface area contributed by atoms with Gasteiger partial charge in [-0.2, -0.15) is 0 Å². The number of nitrogens with zero attached hydrogens (tertiary/aromatic N) is 1. The summed E-state index contributed by atoms with van der Waals surface area (Å²) in [6.07, 6.45) is 3.83. The van der Waals surface area contributed by atoms with Gasteiger partial charge in [-0.25, -0.2) is 0 Å². The minimum absolute atomic E-state index is 0.0441. The summed E-state index contributed by atoms with van der Waals surface area (Å²) in [5.41, 5.74) is 5.33. The molecule has 1 atom stereocenters. The van der Waals surface area contributed by atoms with Crippen LogP contribution in [0.15, 0.2) is 0 Å². The maximum atomic E-state index is 12.1. The van der Waals surface area contributed by atoms with Crippen molar-refractivity contribution in [1.82, 2.24) is 10.2 Å². The Morgan fingerprint density at radius 3 is 2.84 bits per heavy atom. The summed E-state index contributed by atoms with van der Waals surface area (Å²) in [5, 5.41) is 2.85. The van der Waals surface area contributed by atoms with E-state index in [4.69, 9.17) is 10.5 Å². The first-order valence-electron chi connectivity index (χ1n) is 6.94. The zero-order valence-corrected chi connectivity index (χ0v) is 11.7. The molecular formula is C13H25N3O3. The Hall–Kier alpha value is -1.14. The van der Waals surface area contributed by atoms with Crippen LogP contribution in [0.25, 0.3) is 0 Å². The van der Waals surface area contributed by atoms with E-state index in [1.807, 2.05) is 4.90 Å². The summed E-state index contributed by atoms with van der Waals surface area (Å²) in [5.74, 6) is 0.0667. The van der Waals surface area contributed by atoms with Crippen LogP contribution in [-0.2, 0) is 14.3 Å². The van der Waals surface area contributed by atoms with E-state index in [0.717, 1.165) is 25.8 Å². The molecule has 6 nitrogen and oxygen atoms in total. The summed E-state index contributed by atoms with van der Waals surface area (Å²) in [7, 11) is 1.59. The van der Waals surface area contributed by atoms with Crippen molar-refractivity contribution in [3.05, 3.63) is 0 Å². The van der Waals surface area contributed by atoms with E-state index >= 15 is 0 Å². The van der Waals surface area contributed by atoms with Crippen LogP contribution >= 0.6 is 0 Å². The molecule has 1 unspecified atom stereocenters. The number of nitrogens with one attached hydrogen (secondary N) is 1. The van der Waals surface area contributed by atoms with Crippen LogP contribution in [0.4, 0.5) is 0 Å². The lowest BCUT2D eigenvalue weighted by Gasteiger charge is -2.36. The first-order valence-corrected chi connectivity index (χ1v) is 6.94. The molecule has 0 aliphatic carbocycles. The molecule has 1 aliphatic rings. The number of ether oxygens (including phenoxy) is 1. The monoisotopic (exact) mass is 271 g/mol. The van der Waals surface area contributed by atoms with Crippen molar-refractivity contribution >= 4 is 11.8 Å². The Balaban J connectivity index is 2.43. The molecule has 110 valence electrons. The van der Waals surface area contributed by atoms with E-state index in [2.05, 4.69) is 5.32 Å².